The molecular weight excluding hydrogens is 250 g/mol. The molecule has 0 bridgehead atoms. The molecule has 1 aliphatic carbocycles. The molecule has 0 aromatic heterocycles. The van der Waals surface area contributed by atoms with Crippen molar-refractivity contribution in [2.24, 2.45) is 17.6 Å². The fraction of sp³-hybridized carbons (Fsp3) is 0.588. The Morgan fingerprint density at radius 1 is 1.35 bits per heavy atom. The molecule has 0 amide bonds. The van der Waals surface area contributed by atoms with Crippen LogP contribution >= 0.6 is 0 Å². The minimum atomic E-state index is 0.220. The quantitative estimate of drug-likeness (QED) is 0.896. The molecule has 3 heteroatoms. The monoisotopic (exact) mass is 273 g/mol. The van der Waals surface area contributed by atoms with Crippen LogP contribution in [0.15, 0.2) is 18.2 Å². The largest absolute Gasteiger partial charge is 0.493 e. The van der Waals surface area contributed by atoms with Gasteiger partial charge in [-0.25, -0.2) is 0 Å². The maximum Gasteiger partial charge on any atom is 0.136 e. The molecule has 2 unspecified atom stereocenters. The summed E-state index contributed by atoms with van der Waals surface area (Å²) in [6, 6.07) is 6.33. The highest BCUT2D eigenvalue weighted by molar-refractivity contribution is 5.81. The van der Waals surface area contributed by atoms with Crippen molar-refractivity contribution in [2.75, 3.05) is 13.2 Å². The van der Waals surface area contributed by atoms with E-state index in [0.29, 0.717) is 24.7 Å². The molecule has 20 heavy (non-hydrogen) atoms. The van der Waals surface area contributed by atoms with Crippen LogP contribution in [0.5, 0.6) is 5.75 Å². The lowest BCUT2D eigenvalue weighted by molar-refractivity contribution is -0.123. The van der Waals surface area contributed by atoms with E-state index in [1.807, 2.05) is 6.07 Å². The third kappa shape index (κ3) is 2.73. The second-order valence-electron chi connectivity index (χ2n) is 6.04. The predicted molar refractivity (Wildman–Crippen MR) is 78.9 cm³/mol. The SMILES string of the molecule is NCC1CCCC1C(=O)CCc1ccc2c(c1)CCO2. The van der Waals surface area contributed by atoms with Gasteiger partial charge in [-0.2, -0.15) is 0 Å². The molecule has 0 saturated heterocycles. The van der Waals surface area contributed by atoms with Gasteiger partial charge in [0.1, 0.15) is 11.5 Å². The fourth-order valence-electron chi connectivity index (χ4n) is 3.59. The Bertz CT molecular complexity index is 498. The van der Waals surface area contributed by atoms with Crippen LogP contribution in [0.4, 0.5) is 0 Å². The molecular formula is C17H23NO2. The van der Waals surface area contributed by atoms with Crippen LogP contribution in [-0.2, 0) is 17.6 Å². The highest BCUT2D eigenvalue weighted by Crippen LogP contribution is 2.33. The maximum atomic E-state index is 12.3. The van der Waals surface area contributed by atoms with Crippen molar-refractivity contribution in [2.45, 2.75) is 38.5 Å². The predicted octanol–water partition coefficient (Wildman–Crippen LogP) is 2.50. The Balaban J connectivity index is 1.58. The number of aryl methyl sites for hydroxylation is 1. The van der Waals surface area contributed by atoms with Gasteiger partial charge in [0.05, 0.1) is 6.61 Å². The van der Waals surface area contributed by atoms with Crippen LogP contribution in [0.25, 0.3) is 0 Å². The zero-order chi connectivity index (χ0) is 13.9. The van der Waals surface area contributed by atoms with Gasteiger partial charge in [-0.3, -0.25) is 4.79 Å². The first-order chi connectivity index (χ1) is 9.78. The van der Waals surface area contributed by atoms with Crippen molar-refractivity contribution in [1.82, 2.24) is 0 Å². The molecule has 1 heterocycles. The lowest BCUT2D eigenvalue weighted by atomic mass is 9.89. The number of rotatable bonds is 5. The number of ketones is 1. The molecule has 2 N–H and O–H groups in total. The summed E-state index contributed by atoms with van der Waals surface area (Å²) in [5, 5.41) is 0. The first-order valence-corrected chi connectivity index (χ1v) is 7.75. The standard InChI is InChI=1S/C17H23NO2/c18-11-14-2-1-3-15(14)16(19)6-4-12-5-7-17-13(10-12)8-9-20-17/h5,7,10,14-15H,1-4,6,8-9,11,18H2. The number of nitrogens with two attached hydrogens (primary N) is 1. The summed E-state index contributed by atoms with van der Waals surface area (Å²) in [5.74, 6) is 2.07. The molecule has 3 rings (SSSR count). The van der Waals surface area contributed by atoms with Crippen molar-refractivity contribution >= 4 is 5.78 Å². The molecule has 1 fully saturated rings. The van der Waals surface area contributed by atoms with E-state index in [-0.39, 0.29) is 5.92 Å². The molecule has 108 valence electrons. The van der Waals surface area contributed by atoms with E-state index in [4.69, 9.17) is 10.5 Å². The summed E-state index contributed by atoms with van der Waals surface area (Å²) in [7, 11) is 0. The van der Waals surface area contributed by atoms with Gasteiger partial charge in [-0.05, 0) is 48.9 Å². The van der Waals surface area contributed by atoms with Gasteiger partial charge in [-0.1, -0.05) is 18.6 Å². The molecule has 2 atom stereocenters. The minimum Gasteiger partial charge on any atom is -0.493 e. The molecule has 1 saturated carbocycles. The first kappa shape index (κ1) is 13.6. The third-order valence-corrected chi connectivity index (χ3v) is 4.79. The lowest BCUT2D eigenvalue weighted by Crippen LogP contribution is -2.25. The van der Waals surface area contributed by atoms with E-state index in [2.05, 4.69) is 12.1 Å². The number of carbonyl (C=O) groups excluding carboxylic acids is 1. The van der Waals surface area contributed by atoms with Crippen LogP contribution in [0.1, 0.15) is 36.8 Å². The summed E-state index contributed by atoms with van der Waals surface area (Å²) in [5.41, 5.74) is 8.31. The van der Waals surface area contributed by atoms with Gasteiger partial charge in [-0.15, -0.1) is 0 Å². The van der Waals surface area contributed by atoms with Gasteiger partial charge in [0.2, 0.25) is 0 Å². The smallest absolute Gasteiger partial charge is 0.136 e. The molecule has 0 radical (unpaired) electrons. The zero-order valence-electron chi connectivity index (χ0n) is 11.9. The van der Waals surface area contributed by atoms with Crippen LogP contribution in [0.3, 0.4) is 0 Å². The Labute approximate surface area is 120 Å². The van der Waals surface area contributed by atoms with Crippen molar-refractivity contribution in [1.29, 1.82) is 0 Å². The van der Waals surface area contributed by atoms with Crippen LogP contribution < -0.4 is 10.5 Å². The number of benzene rings is 1. The lowest BCUT2D eigenvalue weighted by Gasteiger charge is -2.16. The first-order valence-electron chi connectivity index (χ1n) is 7.75. The molecule has 0 spiro atoms. The fourth-order valence-corrected chi connectivity index (χ4v) is 3.59. The summed E-state index contributed by atoms with van der Waals surface area (Å²) in [6.45, 7) is 1.45. The van der Waals surface area contributed by atoms with E-state index < -0.39 is 0 Å². The van der Waals surface area contributed by atoms with E-state index in [1.54, 1.807) is 0 Å². The zero-order valence-corrected chi connectivity index (χ0v) is 11.9. The van der Waals surface area contributed by atoms with Gasteiger partial charge in [0.15, 0.2) is 0 Å². The van der Waals surface area contributed by atoms with E-state index in [1.165, 1.54) is 11.1 Å². The summed E-state index contributed by atoms with van der Waals surface area (Å²) in [4.78, 5) is 12.3. The summed E-state index contributed by atoms with van der Waals surface area (Å²) in [6.07, 6.45) is 5.83. The van der Waals surface area contributed by atoms with Gasteiger partial charge in [0.25, 0.3) is 0 Å². The van der Waals surface area contributed by atoms with Gasteiger partial charge >= 0.3 is 0 Å². The summed E-state index contributed by atoms with van der Waals surface area (Å²) >= 11 is 0. The molecule has 1 aromatic carbocycles. The average Bonchev–Trinajstić information content (AvgIpc) is 3.12. The number of hydrogen-bond acceptors (Lipinski definition) is 3. The number of Topliss-reactive ketones (excluding diaryl/α,β-unsaturated/α-hetero) is 1. The van der Waals surface area contributed by atoms with Gasteiger partial charge < -0.3 is 10.5 Å². The Morgan fingerprint density at radius 3 is 3.10 bits per heavy atom. The van der Waals surface area contributed by atoms with E-state index >= 15 is 0 Å². The Kier molecular flexibility index (Phi) is 4.06. The number of hydrogen-bond donors (Lipinski definition) is 1. The minimum absolute atomic E-state index is 0.220. The van der Waals surface area contributed by atoms with Crippen molar-refractivity contribution in [3.63, 3.8) is 0 Å². The van der Waals surface area contributed by atoms with Crippen molar-refractivity contribution < 1.29 is 9.53 Å². The summed E-state index contributed by atoms with van der Waals surface area (Å²) < 4.78 is 5.51. The highest BCUT2D eigenvalue weighted by atomic mass is 16.5. The second kappa shape index (κ2) is 5.96. The normalized spacial score (nSPS) is 24.4. The topological polar surface area (TPSA) is 52.3 Å². The van der Waals surface area contributed by atoms with Crippen molar-refractivity contribution in [3.8, 4) is 5.75 Å². The van der Waals surface area contributed by atoms with E-state index in [9.17, 15) is 4.79 Å². The third-order valence-electron chi connectivity index (χ3n) is 4.79. The van der Waals surface area contributed by atoms with Gasteiger partial charge in [0, 0.05) is 18.8 Å². The number of carbonyl (C=O) groups is 1. The molecule has 2 aliphatic rings. The molecule has 1 aromatic rings. The Morgan fingerprint density at radius 2 is 2.25 bits per heavy atom. The molecule has 3 nitrogen and oxygen atoms in total. The highest BCUT2D eigenvalue weighted by Gasteiger charge is 2.31. The van der Waals surface area contributed by atoms with Crippen LogP contribution in [-0.4, -0.2) is 18.9 Å². The van der Waals surface area contributed by atoms with E-state index in [0.717, 1.165) is 44.5 Å². The molecule has 1 aliphatic heterocycles. The number of fused-ring (bicyclic) bond motifs is 1. The van der Waals surface area contributed by atoms with Crippen LogP contribution in [0, 0.1) is 11.8 Å². The van der Waals surface area contributed by atoms with Crippen LogP contribution in [0.2, 0.25) is 0 Å². The maximum absolute atomic E-state index is 12.3. The average molecular weight is 273 g/mol. The van der Waals surface area contributed by atoms with Crippen molar-refractivity contribution in [3.05, 3.63) is 29.3 Å². The Hall–Kier alpha value is -1.35. The second-order valence-corrected chi connectivity index (χ2v) is 6.04. The number of ether oxygens (including phenoxy) is 1.